The maximum absolute atomic E-state index is 12.0. The SMILES string of the molecule is Cc1cccc(NC2(C(N)=O)CCN(CC(C)C)CC2)c1. The Labute approximate surface area is 127 Å². The Morgan fingerprint density at radius 1 is 1.38 bits per heavy atom. The molecule has 1 aromatic rings. The number of benzene rings is 1. The van der Waals surface area contributed by atoms with Gasteiger partial charge in [-0.15, -0.1) is 0 Å². The summed E-state index contributed by atoms with van der Waals surface area (Å²) in [5.74, 6) is 0.406. The number of anilines is 1. The van der Waals surface area contributed by atoms with Crippen LogP contribution in [0.2, 0.25) is 0 Å². The van der Waals surface area contributed by atoms with E-state index in [0.29, 0.717) is 5.92 Å². The van der Waals surface area contributed by atoms with Gasteiger partial charge < -0.3 is 16.0 Å². The largest absolute Gasteiger partial charge is 0.371 e. The summed E-state index contributed by atoms with van der Waals surface area (Å²) in [6.07, 6.45) is 1.53. The molecule has 1 aromatic carbocycles. The fourth-order valence-corrected chi connectivity index (χ4v) is 3.07. The first-order chi connectivity index (χ1) is 9.91. The van der Waals surface area contributed by atoms with Gasteiger partial charge in [0.2, 0.25) is 5.91 Å². The lowest BCUT2D eigenvalue weighted by Crippen LogP contribution is -2.57. The molecule has 1 amide bonds. The van der Waals surface area contributed by atoms with Crippen molar-refractivity contribution in [1.82, 2.24) is 4.90 Å². The van der Waals surface area contributed by atoms with E-state index in [1.807, 2.05) is 25.1 Å². The maximum Gasteiger partial charge on any atom is 0.243 e. The minimum absolute atomic E-state index is 0.242. The van der Waals surface area contributed by atoms with Crippen molar-refractivity contribution in [2.75, 3.05) is 25.0 Å². The Balaban J connectivity index is 2.07. The van der Waals surface area contributed by atoms with Crippen LogP contribution in [0, 0.1) is 12.8 Å². The first kappa shape index (κ1) is 15.8. The molecule has 3 N–H and O–H groups in total. The van der Waals surface area contributed by atoms with Crippen molar-refractivity contribution in [3.8, 4) is 0 Å². The summed E-state index contributed by atoms with van der Waals surface area (Å²) in [4.78, 5) is 14.5. The van der Waals surface area contributed by atoms with Crippen molar-refractivity contribution in [2.45, 2.75) is 39.2 Å². The second kappa shape index (κ2) is 6.48. The lowest BCUT2D eigenvalue weighted by molar-refractivity contribution is -0.123. The Hall–Kier alpha value is -1.55. The van der Waals surface area contributed by atoms with E-state index in [4.69, 9.17) is 5.73 Å². The summed E-state index contributed by atoms with van der Waals surface area (Å²) in [5, 5.41) is 3.41. The van der Waals surface area contributed by atoms with Crippen LogP contribution in [0.1, 0.15) is 32.3 Å². The topological polar surface area (TPSA) is 58.4 Å². The molecule has 0 aliphatic carbocycles. The van der Waals surface area contributed by atoms with Crippen molar-refractivity contribution < 1.29 is 4.79 Å². The predicted molar refractivity (Wildman–Crippen MR) is 87.2 cm³/mol. The third kappa shape index (κ3) is 3.97. The van der Waals surface area contributed by atoms with Gasteiger partial charge in [-0.2, -0.15) is 0 Å². The molecular formula is C17H27N3O. The fourth-order valence-electron chi connectivity index (χ4n) is 3.07. The van der Waals surface area contributed by atoms with E-state index in [0.717, 1.165) is 38.2 Å². The molecule has 4 heteroatoms. The number of rotatable bonds is 5. The molecular weight excluding hydrogens is 262 g/mol. The molecule has 116 valence electrons. The first-order valence-corrected chi connectivity index (χ1v) is 7.78. The molecule has 0 atom stereocenters. The van der Waals surface area contributed by atoms with Crippen molar-refractivity contribution in [2.24, 2.45) is 11.7 Å². The van der Waals surface area contributed by atoms with Gasteiger partial charge >= 0.3 is 0 Å². The van der Waals surface area contributed by atoms with E-state index in [1.54, 1.807) is 0 Å². The fraction of sp³-hybridized carbons (Fsp3) is 0.588. The molecule has 0 unspecified atom stereocenters. The summed E-state index contributed by atoms with van der Waals surface area (Å²) in [5.41, 5.74) is 7.26. The second-order valence-electron chi connectivity index (χ2n) is 6.64. The average Bonchev–Trinajstić information content (AvgIpc) is 2.40. The standard InChI is InChI=1S/C17H27N3O/c1-13(2)12-20-9-7-17(8-10-20,16(18)21)19-15-6-4-5-14(3)11-15/h4-6,11,13,19H,7-10,12H2,1-3H3,(H2,18,21). The first-order valence-electron chi connectivity index (χ1n) is 7.78. The highest BCUT2D eigenvalue weighted by Gasteiger charge is 2.39. The number of hydrogen-bond acceptors (Lipinski definition) is 3. The number of carbonyl (C=O) groups excluding carboxylic acids is 1. The van der Waals surface area contributed by atoms with E-state index in [2.05, 4.69) is 30.1 Å². The third-order valence-electron chi connectivity index (χ3n) is 4.21. The van der Waals surface area contributed by atoms with Crippen molar-refractivity contribution in [3.05, 3.63) is 29.8 Å². The number of piperidine rings is 1. The molecule has 0 aromatic heterocycles. The number of nitrogens with one attached hydrogen (secondary N) is 1. The molecule has 1 fully saturated rings. The van der Waals surface area contributed by atoms with E-state index in [1.165, 1.54) is 5.56 Å². The second-order valence-corrected chi connectivity index (χ2v) is 6.64. The van der Waals surface area contributed by atoms with Gasteiger partial charge in [-0.25, -0.2) is 0 Å². The molecule has 0 spiro atoms. The Morgan fingerprint density at radius 2 is 2.05 bits per heavy atom. The smallest absolute Gasteiger partial charge is 0.243 e. The number of nitrogens with zero attached hydrogens (tertiary/aromatic N) is 1. The van der Waals surface area contributed by atoms with Crippen LogP contribution in [-0.2, 0) is 4.79 Å². The predicted octanol–water partition coefficient (Wildman–Crippen LogP) is 2.38. The molecule has 2 rings (SSSR count). The number of likely N-dealkylation sites (tertiary alicyclic amines) is 1. The summed E-state index contributed by atoms with van der Waals surface area (Å²) in [7, 11) is 0. The van der Waals surface area contributed by atoms with Gasteiger partial charge in [-0.3, -0.25) is 4.79 Å². The van der Waals surface area contributed by atoms with E-state index < -0.39 is 5.54 Å². The molecule has 0 radical (unpaired) electrons. The average molecular weight is 289 g/mol. The molecule has 4 nitrogen and oxygen atoms in total. The number of aryl methyl sites for hydroxylation is 1. The van der Waals surface area contributed by atoms with Gasteiger partial charge in [-0.05, 0) is 43.4 Å². The van der Waals surface area contributed by atoms with Crippen LogP contribution >= 0.6 is 0 Å². The van der Waals surface area contributed by atoms with Crippen LogP contribution in [-0.4, -0.2) is 36.0 Å². The summed E-state index contributed by atoms with van der Waals surface area (Å²) >= 11 is 0. The van der Waals surface area contributed by atoms with Crippen LogP contribution in [0.25, 0.3) is 0 Å². The van der Waals surface area contributed by atoms with Gasteiger partial charge in [-0.1, -0.05) is 26.0 Å². The summed E-state index contributed by atoms with van der Waals surface area (Å²) in [6, 6.07) is 8.11. The molecule has 21 heavy (non-hydrogen) atoms. The monoisotopic (exact) mass is 289 g/mol. The molecule has 1 aliphatic rings. The number of carbonyl (C=O) groups is 1. The minimum Gasteiger partial charge on any atom is -0.371 e. The van der Waals surface area contributed by atoms with E-state index >= 15 is 0 Å². The van der Waals surface area contributed by atoms with Crippen LogP contribution in [0.4, 0.5) is 5.69 Å². The lowest BCUT2D eigenvalue weighted by Gasteiger charge is -2.41. The zero-order chi connectivity index (χ0) is 15.5. The van der Waals surface area contributed by atoms with Gasteiger partial charge in [0.1, 0.15) is 5.54 Å². The van der Waals surface area contributed by atoms with Crippen LogP contribution in [0.5, 0.6) is 0 Å². The van der Waals surface area contributed by atoms with E-state index in [9.17, 15) is 4.79 Å². The Morgan fingerprint density at radius 3 is 2.57 bits per heavy atom. The molecule has 0 saturated carbocycles. The number of nitrogens with two attached hydrogens (primary N) is 1. The number of amides is 1. The zero-order valence-corrected chi connectivity index (χ0v) is 13.4. The van der Waals surface area contributed by atoms with Crippen molar-refractivity contribution in [1.29, 1.82) is 0 Å². The van der Waals surface area contributed by atoms with Gasteiger partial charge in [0, 0.05) is 25.3 Å². The highest BCUT2D eigenvalue weighted by atomic mass is 16.1. The Kier molecular flexibility index (Phi) is 4.88. The van der Waals surface area contributed by atoms with Crippen LogP contribution in [0.3, 0.4) is 0 Å². The van der Waals surface area contributed by atoms with E-state index in [-0.39, 0.29) is 5.91 Å². The van der Waals surface area contributed by atoms with Gasteiger partial charge in [0.25, 0.3) is 0 Å². The van der Waals surface area contributed by atoms with Gasteiger partial charge in [0.15, 0.2) is 0 Å². The maximum atomic E-state index is 12.0. The van der Waals surface area contributed by atoms with Crippen molar-refractivity contribution >= 4 is 11.6 Å². The third-order valence-corrected chi connectivity index (χ3v) is 4.21. The minimum atomic E-state index is -0.610. The lowest BCUT2D eigenvalue weighted by atomic mass is 9.86. The van der Waals surface area contributed by atoms with Crippen molar-refractivity contribution in [3.63, 3.8) is 0 Å². The number of hydrogen-bond donors (Lipinski definition) is 2. The van der Waals surface area contributed by atoms with Crippen LogP contribution in [0.15, 0.2) is 24.3 Å². The highest BCUT2D eigenvalue weighted by Crippen LogP contribution is 2.27. The normalized spacial score (nSPS) is 18.7. The molecule has 1 aliphatic heterocycles. The summed E-state index contributed by atoms with van der Waals surface area (Å²) in [6.45, 7) is 9.41. The van der Waals surface area contributed by atoms with Crippen LogP contribution < -0.4 is 11.1 Å². The Bertz CT molecular complexity index is 491. The zero-order valence-electron chi connectivity index (χ0n) is 13.4. The molecule has 1 heterocycles. The molecule has 0 bridgehead atoms. The quantitative estimate of drug-likeness (QED) is 0.875. The highest BCUT2D eigenvalue weighted by molar-refractivity contribution is 5.88. The molecule has 1 saturated heterocycles. The summed E-state index contributed by atoms with van der Waals surface area (Å²) < 4.78 is 0. The van der Waals surface area contributed by atoms with Gasteiger partial charge in [0.05, 0.1) is 0 Å². The number of primary amides is 1.